The molecular formula is C12H16N2O3. The molecule has 17 heavy (non-hydrogen) atoms. The van der Waals surface area contributed by atoms with E-state index in [1.807, 2.05) is 4.68 Å². The van der Waals surface area contributed by atoms with E-state index in [2.05, 4.69) is 5.10 Å². The zero-order chi connectivity index (χ0) is 11.8. The molecule has 0 aromatic carbocycles. The van der Waals surface area contributed by atoms with Crippen molar-refractivity contribution in [1.82, 2.24) is 9.78 Å². The monoisotopic (exact) mass is 236 g/mol. The average molecular weight is 236 g/mol. The molecule has 1 saturated carbocycles. The Balaban J connectivity index is 1.93. The molecule has 3 rings (SSSR count). The zero-order valence-corrected chi connectivity index (χ0v) is 9.69. The minimum Gasteiger partial charge on any atom is -0.481 e. The molecule has 5 nitrogen and oxygen atoms in total. The van der Waals surface area contributed by atoms with Gasteiger partial charge in [0.25, 0.3) is 0 Å². The molecule has 0 bridgehead atoms. The number of hydrogen-bond donors (Lipinski definition) is 1. The highest BCUT2D eigenvalue weighted by atomic mass is 16.5. The molecule has 1 aromatic heterocycles. The van der Waals surface area contributed by atoms with Gasteiger partial charge in [0.2, 0.25) is 0 Å². The number of ether oxygens (including phenoxy) is 1. The van der Waals surface area contributed by atoms with Gasteiger partial charge in [-0.1, -0.05) is 0 Å². The molecule has 0 unspecified atom stereocenters. The molecule has 1 aliphatic carbocycles. The molecule has 2 aliphatic rings. The van der Waals surface area contributed by atoms with Crippen LogP contribution in [-0.2, 0) is 35.5 Å². The first-order valence-electron chi connectivity index (χ1n) is 6.11. The minimum absolute atomic E-state index is 0.0540. The summed E-state index contributed by atoms with van der Waals surface area (Å²) in [5.41, 5.74) is 2.89. The Hall–Kier alpha value is -1.36. The summed E-state index contributed by atoms with van der Waals surface area (Å²) < 4.78 is 7.31. The number of aliphatic carboxylic acids is 1. The standard InChI is InChI=1S/C12H16N2O3/c15-12(16)5-11-9-7-17-4-3-10(9)13-14(11)6-8-1-2-8/h8H,1-7H2,(H,15,16). The van der Waals surface area contributed by atoms with Crippen LogP contribution in [-0.4, -0.2) is 27.5 Å². The first-order valence-corrected chi connectivity index (χ1v) is 6.11. The first kappa shape index (κ1) is 10.8. The maximum Gasteiger partial charge on any atom is 0.309 e. The van der Waals surface area contributed by atoms with Crippen LogP contribution in [0.1, 0.15) is 29.8 Å². The summed E-state index contributed by atoms with van der Waals surface area (Å²) in [5, 5.41) is 13.5. The number of fused-ring (bicyclic) bond motifs is 1. The first-order chi connectivity index (χ1) is 8.24. The second kappa shape index (κ2) is 4.14. The van der Waals surface area contributed by atoms with Crippen LogP contribution >= 0.6 is 0 Å². The van der Waals surface area contributed by atoms with Crippen molar-refractivity contribution >= 4 is 5.97 Å². The van der Waals surface area contributed by atoms with Gasteiger partial charge in [-0.2, -0.15) is 5.10 Å². The zero-order valence-electron chi connectivity index (χ0n) is 9.69. The van der Waals surface area contributed by atoms with E-state index in [1.165, 1.54) is 12.8 Å². The predicted octanol–water partition coefficient (Wildman–Crippen LogP) is 0.993. The second-order valence-corrected chi connectivity index (χ2v) is 4.87. The molecule has 0 radical (unpaired) electrons. The molecule has 5 heteroatoms. The second-order valence-electron chi connectivity index (χ2n) is 4.87. The van der Waals surface area contributed by atoms with E-state index in [-0.39, 0.29) is 6.42 Å². The van der Waals surface area contributed by atoms with Crippen molar-refractivity contribution in [3.05, 3.63) is 17.0 Å². The molecule has 0 atom stereocenters. The smallest absolute Gasteiger partial charge is 0.309 e. The third-order valence-electron chi connectivity index (χ3n) is 3.43. The van der Waals surface area contributed by atoms with Crippen molar-refractivity contribution in [2.45, 2.75) is 38.8 Å². The average Bonchev–Trinajstić information content (AvgIpc) is 3.04. The lowest BCUT2D eigenvalue weighted by Crippen LogP contribution is -2.13. The highest BCUT2D eigenvalue weighted by Crippen LogP contribution is 2.32. The van der Waals surface area contributed by atoms with Crippen LogP contribution in [0.4, 0.5) is 0 Å². The molecule has 1 fully saturated rings. The number of nitrogens with zero attached hydrogens (tertiary/aromatic N) is 2. The highest BCUT2D eigenvalue weighted by Gasteiger charge is 2.27. The van der Waals surface area contributed by atoms with Gasteiger partial charge in [-0.05, 0) is 18.8 Å². The quantitative estimate of drug-likeness (QED) is 0.846. The number of carboxylic acid groups (broad SMARTS) is 1. The number of carbonyl (C=O) groups is 1. The lowest BCUT2D eigenvalue weighted by molar-refractivity contribution is -0.136. The third-order valence-corrected chi connectivity index (χ3v) is 3.43. The number of rotatable bonds is 4. The molecule has 0 amide bonds. The Kier molecular flexibility index (Phi) is 2.63. The van der Waals surface area contributed by atoms with E-state index in [0.717, 1.165) is 29.9 Å². The molecule has 1 aromatic rings. The summed E-state index contributed by atoms with van der Waals surface area (Å²) in [7, 11) is 0. The van der Waals surface area contributed by atoms with Crippen LogP contribution in [0.5, 0.6) is 0 Å². The Labute approximate surface area is 99.4 Å². The Morgan fingerprint density at radius 3 is 3.06 bits per heavy atom. The van der Waals surface area contributed by atoms with Crippen LogP contribution in [0.2, 0.25) is 0 Å². The van der Waals surface area contributed by atoms with Crippen molar-refractivity contribution in [2.24, 2.45) is 5.92 Å². The molecule has 2 heterocycles. The van der Waals surface area contributed by atoms with Gasteiger partial charge in [0.1, 0.15) is 0 Å². The van der Waals surface area contributed by atoms with Gasteiger partial charge in [0.15, 0.2) is 0 Å². The Morgan fingerprint density at radius 2 is 2.35 bits per heavy atom. The van der Waals surface area contributed by atoms with Crippen molar-refractivity contribution in [1.29, 1.82) is 0 Å². The van der Waals surface area contributed by atoms with Gasteiger partial charge >= 0.3 is 5.97 Å². The lowest BCUT2D eigenvalue weighted by atomic mass is 10.1. The molecule has 92 valence electrons. The summed E-state index contributed by atoms with van der Waals surface area (Å²) in [6.07, 6.45) is 3.35. The van der Waals surface area contributed by atoms with E-state index < -0.39 is 5.97 Å². The summed E-state index contributed by atoms with van der Waals surface area (Å²) in [6, 6.07) is 0. The third kappa shape index (κ3) is 2.20. The van der Waals surface area contributed by atoms with Crippen molar-refractivity contribution < 1.29 is 14.6 Å². The van der Waals surface area contributed by atoms with Crippen LogP contribution in [0.3, 0.4) is 0 Å². The topological polar surface area (TPSA) is 64.3 Å². The van der Waals surface area contributed by atoms with E-state index in [0.29, 0.717) is 19.1 Å². The molecular weight excluding hydrogens is 220 g/mol. The van der Waals surface area contributed by atoms with Crippen molar-refractivity contribution in [2.75, 3.05) is 6.61 Å². The van der Waals surface area contributed by atoms with E-state index >= 15 is 0 Å². The van der Waals surface area contributed by atoms with Crippen molar-refractivity contribution in [3.63, 3.8) is 0 Å². The van der Waals surface area contributed by atoms with Crippen LogP contribution in [0.15, 0.2) is 0 Å². The van der Waals surface area contributed by atoms with Gasteiger partial charge in [-0.25, -0.2) is 0 Å². The van der Waals surface area contributed by atoms with E-state index in [4.69, 9.17) is 9.84 Å². The lowest BCUT2D eigenvalue weighted by Gasteiger charge is -2.11. The molecule has 1 aliphatic heterocycles. The van der Waals surface area contributed by atoms with Crippen LogP contribution < -0.4 is 0 Å². The number of carboxylic acids is 1. The van der Waals surface area contributed by atoms with Gasteiger partial charge < -0.3 is 9.84 Å². The molecule has 0 spiro atoms. The summed E-state index contributed by atoms with van der Waals surface area (Å²) >= 11 is 0. The SMILES string of the molecule is O=C(O)Cc1c2c(nn1CC1CC1)CCOC2. The van der Waals surface area contributed by atoms with Crippen LogP contribution in [0.25, 0.3) is 0 Å². The van der Waals surface area contributed by atoms with Crippen LogP contribution in [0, 0.1) is 5.92 Å². The van der Waals surface area contributed by atoms with E-state index in [1.54, 1.807) is 0 Å². The van der Waals surface area contributed by atoms with Gasteiger partial charge in [0.05, 0.1) is 31.0 Å². The fraction of sp³-hybridized carbons (Fsp3) is 0.667. The Bertz CT molecular complexity index is 449. The number of hydrogen-bond acceptors (Lipinski definition) is 3. The van der Waals surface area contributed by atoms with Gasteiger partial charge in [0, 0.05) is 18.5 Å². The summed E-state index contributed by atoms with van der Waals surface area (Å²) in [6.45, 7) is 2.08. The molecule has 1 N–H and O–H groups in total. The normalized spacial score (nSPS) is 19.1. The fourth-order valence-corrected chi connectivity index (χ4v) is 2.34. The van der Waals surface area contributed by atoms with Gasteiger partial charge in [-0.15, -0.1) is 0 Å². The highest BCUT2D eigenvalue weighted by molar-refractivity contribution is 5.70. The fourth-order valence-electron chi connectivity index (χ4n) is 2.34. The predicted molar refractivity (Wildman–Crippen MR) is 59.7 cm³/mol. The molecule has 0 saturated heterocycles. The van der Waals surface area contributed by atoms with Gasteiger partial charge in [-0.3, -0.25) is 9.48 Å². The summed E-state index contributed by atoms with van der Waals surface area (Å²) in [4.78, 5) is 10.9. The summed E-state index contributed by atoms with van der Waals surface area (Å²) in [5.74, 6) is -0.0971. The maximum atomic E-state index is 10.9. The minimum atomic E-state index is -0.796. The number of aromatic nitrogens is 2. The largest absolute Gasteiger partial charge is 0.481 e. The Morgan fingerprint density at radius 1 is 1.53 bits per heavy atom. The van der Waals surface area contributed by atoms with E-state index in [9.17, 15) is 4.79 Å². The maximum absolute atomic E-state index is 10.9. The van der Waals surface area contributed by atoms with Crippen molar-refractivity contribution in [3.8, 4) is 0 Å².